The Balaban J connectivity index is 1.67. The Kier molecular flexibility index (Phi) is 7.57. The second-order valence-corrected chi connectivity index (χ2v) is 9.86. The lowest BCUT2D eigenvalue weighted by atomic mass is 10.0. The van der Waals surface area contributed by atoms with E-state index in [9.17, 15) is 35.5 Å². The number of rotatable bonds is 7. The number of fused-ring (bicyclic) bond motifs is 1. The van der Waals surface area contributed by atoms with E-state index in [1.54, 1.807) is 6.26 Å². The van der Waals surface area contributed by atoms with Crippen LogP contribution in [-0.2, 0) is 36.3 Å². The number of thioether (sulfide) groups is 1. The minimum Gasteiger partial charge on any atom is -0.346 e. The topological polar surface area (TPSA) is 72.7 Å². The van der Waals surface area contributed by atoms with E-state index in [1.807, 2.05) is 0 Å². The number of carbonyl (C=O) groups is 1. The van der Waals surface area contributed by atoms with Crippen LogP contribution in [0, 0.1) is 11.6 Å². The van der Waals surface area contributed by atoms with Gasteiger partial charge in [0, 0.05) is 24.2 Å². The van der Waals surface area contributed by atoms with Gasteiger partial charge in [-0.05, 0) is 52.7 Å². The second kappa shape index (κ2) is 10.2. The molecule has 1 aliphatic rings. The smallest absolute Gasteiger partial charge is 0.346 e. The highest BCUT2D eigenvalue weighted by molar-refractivity contribution is 9.10. The van der Waals surface area contributed by atoms with E-state index >= 15 is 0 Å². The number of nitrogens with zero attached hydrogens (tertiary/aromatic N) is 4. The Labute approximate surface area is 218 Å². The van der Waals surface area contributed by atoms with E-state index in [0.29, 0.717) is 20.4 Å². The Morgan fingerprint density at radius 2 is 1.92 bits per heavy atom. The molecule has 3 aromatic rings. The molecule has 1 unspecified atom stereocenters. The minimum atomic E-state index is -4.98. The van der Waals surface area contributed by atoms with Crippen LogP contribution < -0.4 is 5.32 Å². The van der Waals surface area contributed by atoms with Crippen molar-refractivity contribution in [1.29, 1.82) is 0 Å². The number of aromatic nitrogens is 4. The number of alkyl halides is 5. The molecule has 0 bridgehead atoms. The number of hydrogen-bond donors (Lipinski definition) is 1. The van der Waals surface area contributed by atoms with Crippen molar-refractivity contribution in [3.05, 3.63) is 68.7 Å². The zero-order chi connectivity index (χ0) is 27.1. The number of amides is 1. The van der Waals surface area contributed by atoms with Gasteiger partial charge in [-0.2, -0.15) is 27.1 Å². The molecule has 37 heavy (non-hydrogen) atoms. The first-order valence-corrected chi connectivity index (χ1v) is 12.7. The highest BCUT2D eigenvalue weighted by atomic mass is 79.9. The van der Waals surface area contributed by atoms with Crippen molar-refractivity contribution in [3.63, 3.8) is 0 Å². The van der Waals surface area contributed by atoms with Crippen molar-refractivity contribution in [2.24, 2.45) is 0 Å². The molecular weight excluding hydrogens is 595 g/mol. The highest BCUT2D eigenvalue weighted by Gasteiger charge is 2.50. The van der Waals surface area contributed by atoms with Gasteiger partial charge in [-0.25, -0.2) is 18.7 Å². The Morgan fingerprint density at radius 3 is 2.54 bits per heavy atom. The molecule has 0 fully saturated rings. The van der Waals surface area contributed by atoms with Gasteiger partial charge in [0.15, 0.2) is 10.9 Å². The molecule has 0 spiro atoms. The van der Waals surface area contributed by atoms with E-state index in [0.717, 1.165) is 12.1 Å². The van der Waals surface area contributed by atoms with Gasteiger partial charge < -0.3 is 5.32 Å². The lowest BCUT2D eigenvalue weighted by Crippen LogP contribution is -2.35. The van der Waals surface area contributed by atoms with Gasteiger partial charge in [-0.1, -0.05) is 11.8 Å². The van der Waals surface area contributed by atoms with Crippen LogP contribution in [0.15, 0.2) is 34.0 Å². The van der Waals surface area contributed by atoms with E-state index < -0.39 is 72.0 Å². The van der Waals surface area contributed by atoms with Gasteiger partial charge in [-0.15, -0.1) is 0 Å². The number of hydrogen-bond acceptors (Lipinski definition) is 5. The van der Waals surface area contributed by atoms with Gasteiger partial charge in [0.2, 0.25) is 5.91 Å². The molecule has 15 heteroatoms. The van der Waals surface area contributed by atoms with Crippen LogP contribution in [0.3, 0.4) is 0 Å². The van der Waals surface area contributed by atoms with Crippen LogP contribution in [0.2, 0.25) is 0 Å². The molecule has 1 N–H and O–H groups in total. The van der Waals surface area contributed by atoms with Crippen LogP contribution in [0.5, 0.6) is 0 Å². The van der Waals surface area contributed by atoms with Crippen molar-refractivity contribution < 1.29 is 35.5 Å². The minimum absolute atomic E-state index is 0.143. The first kappa shape index (κ1) is 27.4. The summed E-state index contributed by atoms with van der Waals surface area (Å²) in [7, 11) is 0. The average Bonchev–Trinajstić information content (AvgIpc) is 3.31. The summed E-state index contributed by atoms with van der Waals surface area (Å²) in [6, 6.07) is 1.70. The molecule has 1 aliphatic carbocycles. The molecule has 6 nitrogen and oxygen atoms in total. The molecule has 1 amide bonds. The van der Waals surface area contributed by atoms with Gasteiger partial charge in [-0.3, -0.25) is 9.48 Å². The normalized spacial score (nSPS) is 15.5. The summed E-state index contributed by atoms with van der Waals surface area (Å²) < 4.78 is 97.3. The fraction of sp³-hybridized carbons (Fsp3) is 0.364. The molecule has 0 aliphatic heterocycles. The van der Waals surface area contributed by atoms with Crippen molar-refractivity contribution in [3.8, 4) is 0 Å². The summed E-state index contributed by atoms with van der Waals surface area (Å²) in [4.78, 5) is 21.3. The number of carbonyl (C=O) groups excluding carboxylic acids is 1. The fourth-order valence-corrected chi connectivity index (χ4v) is 4.97. The van der Waals surface area contributed by atoms with Crippen molar-refractivity contribution in [2.45, 2.75) is 49.1 Å². The first-order valence-electron chi connectivity index (χ1n) is 10.6. The Bertz CT molecular complexity index is 1330. The molecule has 2 aromatic heterocycles. The predicted molar refractivity (Wildman–Crippen MR) is 122 cm³/mol. The zero-order valence-corrected chi connectivity index (χ0v) is 21.2. The molecular formula is C22H17BrF7N5OS. The van der Waals surface area contributed by atoms with E-state index in [4.69, 9.17) is 0 Å². The van der Waals surface area contributed by atoms with E-state index in [-0.39, 0.29) is 17.7 Å². The highest BCUT2D eigenvalue weighted by Crippen LogP contribution is 2.46. The summed E-state index contributed by atoms with van der Waals surface area (Å²) in [6.45, 7) is -0.944. The SMILES string of the molecule is CSc1ncc(Br)c(C(Cc2cc(F)cc(F)c2)NC(=O)Cn2nc(C(F)(F)F)c3c2C(F)(F)CC3)n1. The Morgan fingerprint density at radius 1 is 1.24 bits per heavy atom. The lowest BCUT2D eigenvalue weighted by molar-refractivity contribution is -0.142. The third-order valence-corrected chi connectivity index (χ3v) is 6.78. The molecule has 1 aromatic carbocycles. The Hall–Kier alpha value is -2.68. The standard InChI is InChI=1S/C22H17BrF7N5OS/c1-37-20-31-8-14(23)17(33-20)15(6-10-4-11(24)7-12(25)5-10)32-16(36)9-35-19-13(2-3-21(19,26)27)18(34-35)22(28,29)30/h4-5,7-8,15H,2-3,6,9H2,1H3,(H,32,36). The van der Waals surface area contributed by atoms with Crippen LogP contribution in [0.25, 0.3) is 0 Å². The lowest BCUT2D eigenvalue weighted by Gasteiger charge is -2.21. The summed E-state index contributed by atoms with van der Waals surface area (Å²) in [5.74, 6) is -6.27. The third-order valence-electron chi connectivity index (χ3n) is 5.61. The molecule has 1 atom stereocenters. The van der Waals surface area contributed by atoms with Crippen LogP contribution in [0.4, 0.5) is 30.7 Å². The maximum absolute atomic E-state index is 14.4. The number of halogens is 8. The predicted octanol–water partition coefficient (Wildman–Crippen LogP) is 5.59. The monoisotopic (exact) mass is 611 g/mol. The van der Waals surface area contributed by atoms with Crippen molar-refractivity contribution in [1.82, 2.24) is 25.1 Å². The summed E-state index contributed by atoms with van der Waals surface area (Å²) >= 11 is 4.44. The van der Waals surface area contributed by atoms with Gasteiger partial charge in [0.05, 0.1) is 16.2 Å². The zero-order valence-electron chi connectivity index (χ0n) is 18.8. The van der Waals surface area contributed by atoms with E-state index in [1.165, 1.54) is 18.0 Å². The summed E-state index contributed by atoms with van der Waals surface area (Å²) in [5, 5.41) is 6.12. The van der Waals surface area contributed by atoms with Gasteiger partial charge in [0.25, 0.3) is 5.92 Å². The van der Waals surface area contributed by atoms with Crippen LogP contribution in [-0.4, -0.2) is 31.9 Å². The second-order valence-electron chi connectivity index (χ2n) is 8.23. The van der Waals surface area contributed by atoms with Crippen molar-refractivity contribution in [2.75, 3.05) is 6.26 Å². The molecule has 2 heterocycles. The maximum Gasteiger partial charge on any atom is 0.435 e. The van der Waals surface area contributed by atoms with Crippen LogP contribution >= 0.6 is 27.7 Å². The average molecular weight is 612 g/mol. The van der Waals surface area contributed by atoms with Crippen LogP contribution in [0.1, 0.15) is 40.7 Å². The van der Waals surface area contributed by atoms with E-state index in [2.05, 4.69) is 36.3 Å². The molecule has 4 rings (SSSR count). The van der Waals surface area contributed by atoms with Gasteiger partial charge >= 0.3 is 6.18 Å². The largest absolute Gasteiger partial charge is 0.435 e. The van der Waals surface area contributed by atoms with Crippen molar-refractivity contribution >= 4 is 33.6 Å². The molecule has 0 saturated heterocycles. The quantitative estimate of drug-likeness (QED) is 0.214. The third kappa shape index (κ3) is 5.92. The maximum atomic E-state index is 14.4. The fourth-order valence-electron chi connectivity index (χ4n) is 4.15. The number of benzene rings is 1. The van der Waals surface area contributed by atoms with Gasteiger partial charge in [0.1, 0.15) is 23.9 Å². The summed E-state index contributed by atoms with van der Waals surface area (Å²) in [5.41, 5.74) is -2.69. The number of nitrogens with one attached hydrogen (secondary N) is 1. The summed E-state index contributed by atoms with van der Waals surface area (Å²) in [6.07, 6.45) is -3.42. The molecule has 198 valence electrons. The molecule has 0 saturated carbocycles. The first-order chi connectivity index (χ1) is 17.3. The molecule has 0 radical (unpaired) electrons.